The van der Waals surface area contributed by atoms with E-state index in [2.05, 4.69) is 25.8 Å². The number of methoxy groups -OCH3 is 1. The number of amides is 3. The first-order chi connectivity index (χ1) is 24.5. The summed E-state index contributed by atoms with van der Waals surface area (Å²) < 4.78 is 4.92. The van der Waals surface area contributed by atoms with Gasteiger partial charge < -0.3 is 25.8 Å². The fraction of sp³-hybridized carbons (Fsp3) is 0.667. The second-order valence-corrected chi connectivity index (χ2v) is 15.6. The van der Waals surface area contributed by atoms with Crippen LogP contribution in [0.3, 0.4) is 0 Å². The van der Waals surface area contributed by atoms with Gasteiger partial charge in [0, 0.05) is 23.9 Å². The number of likely N-dealkylation sites (N-methyl/N-ethyl adjacent to an activating group) is 1. The number of benzene rings is 1. The number of hydrogen-bond donors (Lipinski definition) is 4. The number of thiazole rings is 1. The number of ether oxygens (including phenoxy) is 1. The van der Waals surface area contributed by atoms with Crippen LogP contribution in [-0.2, 0) is 25.5 Å². The normalized spacial score (nSPS) is 20.6. The molecular formula is C39H59N5O6S. The average Bonchev–Trinajstić information content (AvgIpc) is 3.65. The summed E-state index contributed by atoms with van der Waals surface area (Å²) in [6, 6.07) is 8.19. The Morgan fingerprint density at radius 2 is 1.69 bits per heavy atom. The maximum atomic E-state index is 14.0. The Morgan fingerprint density at radius 3 is 2.35 bits per heavy atom. The van der Waals surface area contributed by atoms with E-state index < -0.39 is 18.1 Å². The van der Waals surface area contributed by atoms with E-state index in [1.807, 2.05) is 51.2 Å². The molecule has 2 aliphatic rings. The summed E-state index contributed by atoms with van der Waals surface area (Å²) in [7, 11) is 3.32. The van der Waals surface area contributed by atoms with Crippen LogP contribution in [-0.4, -0.2) is 83.6 Å². The Morgan fingerprint density at radius 1 is 0.980 bits per heavy atom. The first-order valence-corrected chi connectivity index (χ1v) is 19.8. The molecule has 1 saturated carbocycles. The minimum atomic E-state index is -0.990. The number of aromatic nitrogens is 1. The topological polar surface area (TPSA) is 150 Å². The Bertz CT molecular complexity index is 1420. The fourth-order valence-electron chi connectivity index (χ4n) is 7.50. The number of rotatable bonds is 17. The third kappa shape index (κ3) is 11.8. The van der Waals surface area contributed by atoms with Crippen molar-refractivity contribution in [3.05, 3.63) is 52.0 Å². The minimum absolute atomic E-state index is 0.0684. The molecule has 0 bridgehead atoms. The molecule has 282 valence electrons. The van der Waals surface area contributed by atoms with E-state index in [1.54, 1.807) is 12.3 Å². The molecule has 12 heteroatoms. The highest BCUT2D eigenvalue weighted by Crippen LogP contribution is 2.32. The zero-order chi connectivity index (χ0) is 36.9. The highest BCUT2D eigenvalue weighted by Gasteiger charge is 2.35. The molecule has 11 nitrogen and oxygen atoms in total. The van der Waals surface area contributed by atoms with Gasteiger partial charge in [0.2, 0.25) is 11.8 Å². The molecule has 1 aliphatic carbocycles. The smallest absolute Gasteiger partial charge is 0.308 e. The van der Waals surface area contributed by atoms with E-state index in [4.69, 9.17) is 4.74 Å². The first kappa shape index (κ1) is 40.4. The van der Waals surface area contributed by atoms with Crippen molar-refractivity contribution >= 4 is 35.0 Å². The maximum absolute atomic E-state index is 14.0. The van der Waals surface area contributed by atoms with Gasteiger partial charge in [0.1, 0.15) is 22.8 Å². The molecule has 1 aromatic carbocycles. The van der Waals surface area contributed by atoms with Crippen molar-refractivity contribution in [1.82, 2.24) is 25.8 Å². The summed E-state index contributed by atoms with van der Waals surface area (Å²) in [4.78, 5) is 59.6. The summed E-state index contributed by atoms with van der Waals surface area (Å²) in [6.07, 6.45) is 8.93. The lowest BCUT2D eigenvalue weighted by molar-refractivity contribution is -0.145. The van der Waals surface area contributed by atoms with Gasteiger partial charge in [0.15, 0.2) is 0 Å². The Labute approximate surface area is 307 Å². The predicted octanol–water partition coefficient (Wildman–Crippen LogP) is 5.19. The number of piperidine rings is 1. The average molecular weight is 726 g/mol. The van der Waals surface area contributed by atoms with E-state index in [1.165, 1.54) is 18.4 Å². The molecule has 7 atom stereocenters. The van der Waals surface area contributed by atoms with Crippen LogP contribution in [0.1, 0.15) is 119 Å². The SMILES string of the molecule is CC[C@H](C)[C@H](NC(=O)C1CCCCN1C)C(=O)N[C@H](C[C@@H](O)c1nc(C(=O)N[C@@H](Cc2ccccc2)C[C@H](C)C(=O)OC)cs1)C1CCCCC1. The van der Waals surface area contributed by atoms with Gasteiger partial charge >= 0.3 is 5.97 Å². The van der Waals surface area contributed by atoms with Gasteiger partial charge in [-0.1, -0.05) is 83.2 Å². The molecule has 1 aliphatic heterocycles. The Kier molecular flexibility index (Phi) is 15.9. The molecule has 2 aromatic rings. The van der Waals surface area contributed by atoms with E-state index in [0.29, 0.717) is 17.8 Å². The van der Waals surface area contributed by atoms with Crippen molar-refractivity contribution in [2.24, 2.45) is 17.8 Å². The lowest BCUT2D eigenvalue weighted by Gasteiger charge is -2.35. The Balaban J connectivity index is 1.45. The molecule has 1 unspecified atom stereocenters. The van der Waals surface area contributed by atoms with Crippen molar-refractivity contribution in [3.63, 3.8) is 0 Å². The van der Waals surface area contributed by atoms with Gasteiger partial charge in [-0.2, -0.15) is 0 Å². The molecule has 4 rings (SSSR count). The van der Waals surface area contributed by atoms with Crippen LogP contribution in [0, 0.1) is 17.8 Å². The number of aliphatic hydroxyl groups excluding tert-OH is 1. The van der Waals surface area contributed by atoms with E-state index in [9.17, 15) is 24.3 Å². The third-order valence-electron chi connectivity index (χ3n) is 10.8. The van der Waals surface area contributed by atoms with Gasteiger partial charge in [0.05, 0.1) is 19.1 Å². The van der Waals surface area contributed by atoms with Crippen molar-refractivity contribution in [1.29, 1.82) is 0 Å². The number of nitrogens with zero attached hydrogens (tertiary/aromatic N) is 2. The summed E-state index contributed by atoms with van der Waals surface area (Å²) >= 11 is 1.22. The van der Waals surface area contributed by atoms with Crippen molar-refractivity contribution in [2.75, 3.05) is 20.7 Å². The largest absolute Gasteiger partial charge is 0.469 e. The highest BCUT2D eigenvalue weighted by atomic mass is 32.1. The van der Waals surface area contributed by atoms with Crippen LogP contribution < -0.4 is 16.0 Å². The van der Waals surface area contributed by atoms with Crippen LogP contribution in [0.2, 0.25) is 0 Å². The van der Waals surface area contributed by atoms with Crippen LogP contribution in [0.15, 0.2) is 35.7 Å². The predicted molar refractivity (Wildman–Crippen MR) is 199 cm³/mol. The highest BCUT2D eigenvalue weighted by molar-refractivity contribution is 7.09. The maximum Gasteiger partial charge on any atom is 0.308 e. The monoisotopic (exact) mass is 725 g/mol. The standard InChI is InChI=1S/C39H59N5O6S/c1-6-25(2)34(43-36(47)32-19-13-14-20-44(32)4)37(48)41-30(28-17-11-8-12-18-28)23-33(45)38-42-31(24-51-38)35(46)40-29(21-26(3)39(49)50-5)22-27-15-9-7-10-16-27/h7,9-10,15-16,24-26,28-30,32-34,45H,6,8,11-14,17-23H2,1-5H3,(H,40,46)(H,41,48)(H,43,47)/t25-,26-,29+,30+,32?,33+,34-/m0/s1. The molecule has 3 amide bonds. The van der Waals surface area contributed by atoms with E-state index in [-0.39, 0.29) is 65.8 Å². The zero-order valence-corrected chi connectivity index (χ0v) is 31.9. The van der Waals surface area contributed by atoms with Crippen LogP contribution in [0.25, 0.3) is 0 Å². The first-order valence-electron chi connectivity index (χ1n) is 18.9. The van der Waals surface area contributed by atoms with Crippen LogP contribution in [0.5, 0.6) is 0 Å². The zero-order valence-electron chi connectivity index (χ0n) is 31.1. The molecular weight excluding hydrogens is 667 g/mol. The van der Waals surface area contributed by atoms with Gasteiger partial charge in [-0.25, -0.2) is 4.98 Å². The van der Waals surface area contributed by atoms with Crippen LogP contribution >= 0.6 is 11.3 Å². The summed E-state index contributed by atoms with van der Waals surface area (Å²) in [5.41, 5.74) is 1.23. The van der Waals surface area contributed by atoms with Crippen LogP contribution in [0.4, 0.5) is 0 Å². The number of likely N-dealkylation sites (tertiary alicyclic amines) is 1. The minimum Gasteiger partial charge on any atom is -0.469 e. The number of aliphatic hydroxyl groups is 1. The molecule has 1 saturated heterocycles. The molecule has 1 aromatic heterocycles. The van der Waals surface area contributed by atoms with Crippen molar-refractivity contribution in [3.8, 4) is 0 Å². The number of carbonyl (C=O) groups excluding carboxylic acids is 4. The Hall–Kier alpha value is -3.35. The number of carbonyl (C=O) groups is 4. The summed E-state index contributed by atoms with van der Waals surface area (Å²) in [5.74, 6) is -1.33. The second kappa shape index (κ2) is 20.0. The van der Waals surface area contributed by atoms with Crippen molar-refractivity contribution in [2.45, 2.75) is 128 Å². The number of esters is 1. The fourth-order valence-corrected chi connectivity index (χ4v) is 8.29. The third-order valence-corrected chi connectivity index (χ3v) is 11.8. The van der Waals surface area contributed by atoms with E-state index in [0.717, 1.165) is 69.9 Å². The molecule has 51 heavy (non-hydrogen) atoms. The second-order valence-electron chi connectivity index (χ2n) is 14.7. The number of nitrogens with one attached hydrogen (secondary N) is 3. The lowest BCUT2D eigenvalue weighted by Crippen LogP contribution is -2.58. The quantitative estimate of drug-likeness (QED) is 0.163. The van der Waals surface area contributed by atoms with Crippen molar-refractivity contribution < 1.29 is 29.0 Å². The van der Waals surface area contributed by atoms with Gasteiger partial charge in [-0.15, -0.1) is 11.3 Å². The number of hydrogen-bond acceptors (Lipinski definition) is 9. The molecule has 0 radical (unpaired) electrons. The van der Waals surface area contributed by atoms with Gasteiger partial charge in [-0.3, -0.25) is 24.1 Å². The van der Waals surface area contributed by atoms with Gasteiger partial charge in [-0.05, 0) is 69.5 Å². The molecule has 4 N–H and O–H groups in total. The van der Waals surface area contributed by atoms with E-state index >= 15 is 0 Å². The summed E-state index contributed by atoms with van der Waals surface area (Å²) in [5, 5.41) is 23.0. The lowest BCUT2D eigenvalue weighted by atomic mass is 9.81. The molecule has 2 heterocycles. The summed E-state index contributed by atoms with van der Waals surface area (Å²) in [6.45, 7) is 6.65. The molecule has 2 fully saturated rings. The van der Waals surface area contributed by atoms with Gasteiger partial charge in [0.25, 0.3) is 5.91 Å². The molecule has 0 spiro atoms.